The quantitative estimate of drug-likeness (QED) is 0.530. The SMILES string of the molecule is Nc1cc(Sc2cnc(N3CCC4(CC3)Cc3ccccc3[C@H]4N)cn2)c(Cl)c(Cl)n1. The number of rotatable bonds is 3. The van der Waals surface area contributed by atoms with E-state index in [1.165, 1.54) is 22.9 Å². The van der Waals surface area contributed by atoms with Gasteiger partial charge in [0.05, 0.1) is 17.4 Å². The maximum absolute atomic E-state index is 6.68. The van der Waals surface area contributed by atoms with Gasteiger partial charge in [-0.15, -0.1) is 0 Å². The highest BCUT2D eigenvalue weighted by molar-refractivity contribution is 7.99. The van der Waals surface area contributed by atoms with Crippen LogP contribution in [-0.4, -0.2) is 28.0 Å². The summed E-state index contributed by atoms with van der Waals surface area (Å²) in [5.41, 5.74) is 15.3. The minimum Gasteiger partial charge on any atom is -0.384 e. The van der Waals surface area contributed by atoms with E-state index in [-0.39, 0.29) is 16.6 Å². The number of nitrogen functional groups attached to an aromatic ring is 1. The molecule has 6 nitrogen and oxygen atoms in total. The lowest BCUT2D eigenvalue weighted by Gasteiger charge is -2.42. The molecule has 2 aromatic heterocycles. The smallest absolute Gasteiger partial charge is 0.151 e. The second kappa shape index (κ2) is 8.13. The summed E-state index contributed by atoms with van der Waals surface area (Å²) in [6.45, 7) is 1.84. The monoisotopic (exact) mass is 472 g/mol. The van der Waals surface area contributed by atoms with Crippen LogP contribution in [0.15, 0.2) is 52.6 Å². The van der Waals surface area contributed by atoms with Gasteiger partial charge in [-0.3, -0.25) is 0 Å². The van der Waals surface area contributed by atoms with Crippen LogP contribution in [0.1, 0.15) is 30.0 Å². The molecule has 0 amide bonds. The average molecular weight is 473 g/mol. The van der Waals surface area contributed by atoms with E-state index < -0.39 is 0 Å². The molecule has 3 aromatic rings. The molecule has 1 saturated heterocycles. The highest BCUT2D eigenvalue weighted by Crippen LogP contribution is 2.50. The molecule has 4 N–H and O–H groups in total. The van der Waals surface area contributed by atoms with Crippen molar-refractivity contribution < 1.29 is 0 Å². The lowest BCUT2D eigenvalue weighted by Crippen LogP contribution is -2.44. The number of benzene rings is 1. The van der Waals surface area contributed by atoms with Crippen molar-refractivity contribution in [1.82, 2.24) is 15.0 Å². The van der Waals surface area contributed by atoms with E-state index in [0.717, 1.165) is 38.2 Å². The zero-order valence-electron chi connectivity index (χ0n) is 16.8. The first-order valence-electron chi connectivity index (χ1n) is 10.1. The van der Waals surface area contributed by atoms with Gasteiger partial charge in [0.1, 0.15) is 16.7 Å². The van der Waals surface area contributed by atoms with Gasteiger partial charge in [-0.25, -0.2) is 15.0 Å². The van der Waals surface area contributed by atoms with Gasteiger partial charge < -0.3 is 16.4 Å². The normalized spacial score (nSPS) is 19.6. The number of anilines is 2. The molecule has 1 aromatic carbocycles. The number of pyridine rings is 1. The Balaban J connectivity index is 1.26. The third kappa shape index (κ3) is 3.84. The molecule has 9 heteroatoms. The van der Waals surface area contributed by atoms with Gasteiger partial charge in [0.2, 0.25) is 0 Å². The van der Waals surface area contributed by atoms with Crippen molar-refractivity contribution in [2.45, 2.75) is 35.2 Å². The van der Waals surface area contributed by atoms with Crippen LogP contribution in [0.2, 0.25) is 10.2 Å². The molecule has 31 heavy (non-hydrogen) atoms. The Labute approximate surface area is 195 Å². The second-order valence-electron chi connectivity index (χ2n) is 8.17. The van der Waals surface area contributed by atoms with Gasteiger partial charge in [0.25, 0.3) is 0 Å². The van der Waals surface area contributed by atoms with Gasteiger partial charge >= 0.3 is 0 Å². The molecule has 0 bridgehead atoms. The summed E-state index contributed by atoms with van der Waals surface area (Å²) in [5, 5.41) is 1.26. The van der Waals surface area contributed by atoms with Crippen LogP contribution >= 0.6 is 35.0 Å². The van der Waals surface area contributed by atoms with Gasteiger partial charge in [-0.05, 0) is 41.9 Å². The first-order chi connectivity index (χ1) is 14.9. The summed E-state index contributed by atoms with van der Waals surface area (Å²) in [6.07, 6.45) is 6.72. The lowest BCUT2D eigenvalue weighted by molar-refractivity contribution is 0.187. The number of nitrogens with two attached hydrogens (primary N) is 2. The molecule has 0 saturated carbocycles. The summed E-state index contributed by atoms with van der Waals surface area (Å²) in [7, 11) is 0. The van der Waals surface area contributed by atoms with Gasteiger partial charge in [-0.2, -0.15) is 0 Å². The van der Waals surface area contributed by atoms with Crippen molar-refractivity contribution in [1.29, 1.82) is 0 Å². The molecule has 1 aliphatic heterocycles. The molecule has 1 atom stereocenters. The van der Waals surface area contributed by atoms with Crippen LogP contribution in [0.4, 0.5) is 11.6 Å². The van der Waals surface area contributed by atoms with Crippen molar-refractivity contribution in [3.05, 3.63) is 64.0 Å². The number of aromatic nitrogens is 3. The fourth-order valence-electron chi connectivity index (χ4n) is 4.69. The Hall–Kier alpha value is -2.06. The predicted molar refractivity (Wildman–Crippen MR) is 126 cm³/mol. The summed E-state index contributed by atoms with van der Waals surface area (Å²) in [4.78, 5) is 16.1. The fraction of sp³-hybridized carbons (Fsp3) is 0.318. The van der Waals surface area contributed by atoms with Crippen LogP contribution in [0, 0.1) is 5.41 Å². The van der Waals surface area contributed by atoms with Crippen molar-refractivity contribution in [3.63, 3.8) is 0 Å². The fourth-order valence-corrected chi connectivity index (χ4v) is 5.96. The maximum Gasteiger partial charge on any atom is 0.151 e. The molecule has 1 spiro atoms. The molecule has 1 aliphatic carbocycles. The van der Waals surface area contributed by atoms with Gasteiger partial charge in [0.15, 0.2) is 5.15 Å². The summed E-state index contributed by atoms with van der Waals surface area (Å²) < 4.78 is 0. The predicted octanol–water partition coefficient (Wildman–Crippen LogP) is 4.75. The highest BCUT2D eigenvalue weighted by atomic mass is 35.5. The standard InChI is InChI=1S/C22H22Cl2N6S/c23-19-15(9-16(25)29-21(19)24)31-18-12-27-17(11-28-18)30-7-5-22(6-8-30)10-13-3-1-2-4-14(13)20(22)26/h1-4,9,11-12,20H,5-8,10,26H2,(H2,25,29)/t20-/m1/s1. The third-order valence-electron chi connectivity index (χ3n) is 6.41. The van der Waals surface area contributed by atoms with E-state index in [2.05, 4.69) is 44.1 Å². The zero-order valence-corrected chi connectivity index (χ0v) is 19.1. The summed E-state index contributed by atoms with van der Waals surface area (Å²) >= 11 is 13.6. The first-order valence-corrected chi connectivity index (χ1v) is 11.7. The minimum absolute atomic E-state index is 0.111. The Kier molecular flexibility index (Phi) is 5.46. The van der Waals surface area contributed by atoms with Crippen molar-refractivity contribution in [2.24, 2.45) is 11.1 Å². The van der Waals surface area contributed by atoms with Gasteiger partial charge in [0, 0.05) is 24.0 Å². The number of halogens is 2. The van der Waals surface area contributed by atoms with E-state index in [0.29, 0.717) is 20.8 Å². The molecular formula is C22H22Cl2N6S. The van der Waals surface area contributed by atoms with Crippen LogP contribution in [0.25, 0.3) is 0 Å². The molecule has 3 heterocycles. The first kappa shape index (κ1) is 20.8. The summed E-state index contributed by atoms with van der Waals surface area (Å²) in [5.74, 6) is 1.19. The molecule has 0 unspecified atom stereocenters. The average Bonchev–Trinajstić information content (AvgIpc) is 3.04. The Bertz CT molecular complexity index is 1120. The zero-order chi connectivity index (χ0) is 21.6. The van der Waals surface area contributed by atoms with Crippen LogP contribution in [-0.2, 0) is 6.42 Å². The maximum atomic E-state index is 6.68. The van der Waals surface area contributed by atoms with Crippen molar-refractivity contribution >= 4 is 46.6 Å². The van der Waals surface area contributed by atoms with E-state index in [9.17, 15) is 0 Å². The number of hydrogen-bond acceptors (Lipinski definition) is 7. The minimum atomic E-state index is 0.111. The Morgan fingerprint density at radius 1 is 1.10 bits per heavy atom. The van der Waals surface area contributed by atoms with Crippen LogP contribution in [0.3, 0.4) is 0 Å². The van der Waals surface area contributed by atoms with Crippen molar-refractivity contribution in [2.75, 3.05) is 23.7 Å². The lowest BCUT2D eigenvalue weighted by atomic mass is 9.73. The molecule has 5 rings (SSSR count). The number of hydrogen-bond donors (Lipinski definition) is 2. The van der Waals surface area contributed by atoms with Crippen LogP contribution in [0.5, 0.6) is 0 Å². The molecule has 0 radical (unpaired) electrons. The topological polar surface area (TPSA) is 94.0 Å². The van der Waals surface area contributed by atoms with E-state index in [1.54, 1.807) is 12.3 Å². The molecular weight excluding hydrogens is 451 g/mol. The largest absolute Gasteiger partial charge is 0.384 e. The number of fused-ring (bicyclic) bond motifs is 1. The number of piperidine rings is 1. The molecule has 1 fully saturated rings. The van der Waals surface area contributed by atoms with E-state index in [1.807, 2.05) is 6.20 Å². The van der Waals surface area contributed by atoms with Crippen molar-refractivity contribution in [3.8, 4) is 0 Å². The number of nitrogens with zero attached hydrogens (tertiary/aromatic N) is 4. The van der Waals surface area contributed by atoms with E-state index >= 15 is 0 Å². The molecule has 2 aliphatic rings. The van der Waals surface area contributed by atoms with Crippen LogP contribution < -0.4 is 16.4 Å². The second-order valence-corrected chi connectivity index (χ2v) is 9.97. The third-order valence-corrected chi connectivity index (χ3v) is 8.24. The van der Waals surface area contributed by atoms with E-state index in [4.69, 9.17) is 34.7 Å². The Morgan fingerprint density at radius 3 is 2.58 bits per heavy atom. The Morgan fingerprint density at radius 2 is 1.87 bits per heavy atom. The van der Waals surface area contributed by atoms with Gasteiger partial charge in [-0.1, -0.05) is 59.2 Å². The summed E-state index contributed by atoms with van der Waals surface area (Å²) in [6, 6.07) is 10.4. The highest BCUT2D eigenvalue weighted by Gasteiger charge is 2.45. The molecule has 160 valence electrons.